The standard InChI is InChI=1S/C20H20FNO2/c1-14-5-7-15(8-6-14)19(23)16-9-11-22(12-10-16)20(24)17-3-2-4-18(21)13-17/h2-8,13,16H,9-12H2,1H3. The third-order valence-electron chi connectivity index (χ3n) is 4.56. The summed E-state index contributed by atoms with van der Waals surface area (Å²) in [6.45, 7) is 3.04. The summed E-state index contributed by atoms with van der Waals surface area (Å²) in [6, 6.07) is 13.3. The Labute approximate surface area is 141 Å². The molecule has 2 aromatic rings. The Balaban J connectivity index is 1.62. The highest BCUT2D eigenvalue weighted by atomic mass is 19.1. The number of aryl methyl sites for hydroxylation is 1. The minimum absolute atomic E-state index is 0.0516. The van der Waals surface area contributed by atoms with Gasteiger partial charge in [-0.3, -0.25) is 9.59 Å². The second-order valence-corrected chi connectivity index (χ2v) is 6.31. The van der Waals surface area contributed by atoms with E-state index in [0.717, 1.165) is 11.1 Å². The van der Waals surface area contributed by atoms with E-state index in [-0.39, 0.29) is 17.6 Å². The Bertz CT molecular complexity index is 746. The van der Waals surface area contributed by atoms with Gasteiger partial charge in [-0.25, -0.2) is 4.39 Å². The average Bonchev–Trinajstić information content (AvgIpc) is 2.61. The summed E-state index contributed by atoms with van der Waals surface area (Å²) in [5.74, 6) is -0.488. The molecular weight excluding hydrogens is 305 g/mol. The number of carbonyl (C=O) groups excluding carboxylic acids is 2. The molecule has 3 nitrogen and oxygen atoms in total. The van der Waals surface area contributed by atoms with Crippen LogP contribution >= 0.6 is 0 Å². The van der Waals surface area contributed by atoms with Crippen molar-refractivity contribution >= 4 is 11.7 Å². The Morgan fingerprint density at radius 1 is 1.00 bits per heavy atom. The maximum Gasteiger partial charge on any atom is 0.253 e. The second kappa shape index (κ2) is 6.95. The summed E-state index contributed by atoms with van der Waals surface area (Å²) in [7, 11) is 0. The number of piperidine rings is 1. The van der Waals surface area contributed by atoms with Crippen molar-refractivity contribution < 1.29 is 14.0 Å². The minimum Gasteiger partial charge on any atom is -0.339 e. The zero-order chi connectivity index (χ0) is 17.1. The maximum atomic E-state index is 13.3. The summed E-state index contributed by atoms with van der Waals surface area (Å²) in [6.07, 6.45) is 1.29. The first kappa shape index (κ1) is 16.4. The lowest BCUT2D eigenvalue weighted by atomic mass is 9.88. The van der Waals surface area contributed by atoms with Crippen LogP contribution in [0.5, 0.6) is 0 Å². The predicted octanol–water partition coefficient (Wildman–Crippen LogP) is 3.87. The monoisotopic (exact) mass is 325 g/mol. The van der Waals surface area contributed by atoms with E-state index in [1.165, 1.54) is 18.2 Å². The molecule has 0 aromatic heterocycles. The number of rotatable bonds is 3. The van der Waals surface area contributed by atoms with Crippen LogP contribution in [-0.2, 0) is 0 Å². The quantitative estimate of drug-likeness (QED) is 0.803. The van der Waals surface area contributed by atoms with Crippen molar-refractivity contribution in [1.82, 2.24) is 4.90 Å². The zero-order valence-corrected chi connectivity index (χ0v) is 13.7. The fourth-order valence-electron chi connectivity index (χ4n) is 3.10. The minimum atomic E-state index is -0.412. The van der Waals surface area contributed by atoms with Gasteiger partial charge in [-0.2, -0.15) is 0 Å². The molecule has 0 saturated carbocycles. The van der Waals surface area contributed by atoms with Gasteiger partial charge in [-0.15, -0.1) is 0 Å². The summed E-state index contributed by atoms with van der Waals surface area (Å²) in [4.78, 5) is 26.7. The van der Waals surface area contributed by atoms with E-state index in [4.69, 9.17) is 0 Å². The lowest BCUT2D eigenvalue weighted by Crippen LogP contribution is -2.40. The number of likely N-dealkylation sites (tertiary alicyclic amines) is 1. The van der Waals surface area contributed by atoms with E-state index >= 15 is 0 Å². The van der Waals surface area contributed by atoms with Gasteiger partial charge in [0.25, 0.3) is 5.91 Å². The maximum absolute atomic E-state index is 13.3. The molecule has 2 aromatic carbocycles. The number of carbonyl (C=O) groups is 2. The molecule has 4 heteroatoms. The number of ketones is 1. The largest absolute Gasteiger partial charge is 0.339 e. The molecule has 1 heterocycles. The van der Waals surface area contributed by atoms with Crippen molar-refractivity contribution in [3.63, 3.8) is 0 Å². The van der Waals surface area contributed by atoms with Crippen LogP contribution in [0.3, 0.4) is 0 Å². The molecular formula is C20H20FNO2. The molecule has 0 radical (unpaired) electrons. The number of hydrogen-bond acceptors (Lipinski definition) is 2. The van der Waals surface area contributed by atoms with E-state index in [1.807, 2.05) is 31.2 Å². The molecule has 0 spiro atoms. The number of halogens is 1. The molecule has 0 aliphatic carbocycles. The van der Waals surface area contributed by atoms with Gasteiger partial charge < -0.3 is 4.90 Å². The fourth-order valence-corrected chi connectivity index (χ4v) is 3.10. The van der Waals surface area contributed by atoms with Gasteiger partial charge in [0.15, 0.2) is 5.78 Å². The van der Waals surface area contributed by atoms with Gasteiger partial charge in [0, 0.05) is 30.1 Å². The molecule has 24 heavy (non-hydrogen) atoms. The van der Waals surface area contributed by atoms with Gasteiger partial charge in [0.05, 0.1) is 0 Å². The molecule has 1 saturated heterocycles. The summed E-state index contributed by atoms with van der Waals surface area (Å²) >= 11 is 0. The second-order valence-electron chi connectivity index (χ2n) is 6.31. The fraction of sp³-hybridized carbons (Fsp3) is 0.300. The third kappa shape index (κ3) is 3.53. The van der Waals surface area contributed by atoms with Crippen molar-refractivity contribution in [2.45, 2.75) is 19.8 Å². The van der Waals surface area contributed by atoms with Crippen molar-refractivity contribution in [1.29, 1.82) is 0 Å². The molecule has 0 atom stereocenters. The van der Waals surface area contributed by atoms with E-state index in [0.29, 0.717) is 31.5 Å². The number of hydrogen-bond donors (Lipinski definition) is 0. The Hall–Kier alpha value is -2.49. The van der Waals surface area contributed by atoms with E-state index in [1.54, 1.807) is 11.0 Å². The van der Waals surface area contributed by atoms with Crippen LogP contribution in [0.25, 0.3) is 0 Å². The van der Waals surface area contributed by atoms with Gasteiger partial charge in [0.2, 0.25) is 0 Å². The molecule has 1 fully saturated rings. The van der Waals surface area contributed by atoms with Crippen LogP contribution in [0.15, 0.2) is 48.5 Å². The summed E-state index contributed by atoms with van der Waals surface area (Å²) < 4.78 is 13.3. The molecule has 3 rings (SSSR count). The van der Waals surface area contributed by atoms with Crippen LogP contribution in [0.1, 0.15) is 39.1 Å². The zero-order valence-electron chi connectivity index (χ0n) is 13.7. The molecule has 1 aliphatic rings. The van der Waals surface area contributed by atoms with E-state index in [2.05, 4.69) is 0 Å². The molecule has 0 unspecified atom stereocenters. The number of amides is 1. The Morgan fingerprint density at radius 3 is 2.29 bits per heavy atom. The lowest BCUT2D eigenvalue weighted by molar-refractivity contribution is 0.0650. The molecule has 124 valence electrons. The summed E-state index contributed by atoms with van der Waals surface area (Å²) in [5.41, 5.74) is 2.22. The molecule has 0 bridgehead atoms. The van der Waals surface area contributed by atoms with Crippen molar-refractivity contribution in [3.8, 4) is 0 Å². The van der Waals surface area contributed by atoms with Crippen LogP contribution in [0, 0.1) is 18.7 Å². The normalized spacial score (nSPS) is 15.3. The topological polar surface area (TPSA) is 37.4 Å². The van der Waals surface area contributed by atoms with E-state index in [9.17, 15) is 14.0 Å². The van der Waals surface area contributed by atoms with Crippen molar-refractivity contribution in [3.05, 3.63) is 71.0 Å². The first-order valence-corrected chi connectivity index (χ1v) is 8.20. The van der Waals surface area contributed by atoms with Gasteiger partial charge in [-0.1, -0.05) is 35.9 Å². The number of Topliss-reactive ketones (excluding diaryl/α,β-unsaturated/α-hetero) is 1. The molecule has 1 aliphatic heterocycles. The SMILES string of the molecule is Cc1ccc(C(=O)C2CCN(C(=O)c3cccc(F)c3)CC2)cc1. The van der Waals surface area contributed by atoms with Gasteiger partial charge in [-0.05, 0) is 38.0 Å². The highest BCUT2D eigenvalue weighted by Gasteiger charge is 2.28. The lowest BCUT2D eigenvalue weighted by Gasteiger charge is -2.31. The Kier molecular flexibility index (Phi) is 4.74. The van der Waals surface area contributed by atoms with Crippen LogP contribution < -0.4 is 0 Å². The number of nitrogens with zero attached hydrogens (tertiary/aromatic N) is 1. The average molecular weight is 325 g/mol. The first-order chi connectivity index (χ1) is 11.5. The van der Waals surface area contributed by atoms with Crippen LogP contribution in [0.2, 0.25) is 0 Å². The van der Waals surface area contributed by atoms with E-state index < -0.39 is 5.82 Å². The van der Waals surface area contributed by atoms with Crippen molar-refractivity contribution in [2.24, 2.45) is 5.92 Å². The first-order valence-electron chi connectivity index (χ1n) is 8.20. The smallest absolute Gasteiger partial charge is 0.253 e. The highest BCUT2D eigenvalue weighted by Crippen LogP contribution is 2.23. The van der Waals surface area contributed by atoms with Gasteiger partial charge in [0.1, 0.15) is 5.82 Å². The highest BCUT2D eigenvalue weighted by molar-refractivity contribution is 5.98. The Morgan fingerprint density at radius 2 is 1.67 bits per heavy atom. The van der Waals surface area contributed by atoms with Crippen LogP contribution in [0.4, 0.5) is 4.39 Å². The third-order valence-corrected chi connectivity index (χ3v) is 4.56. The predicted molar refractivity (Wildman–Crippen MR) is 90.5 cm³/mol. The van der Waals surface area contributed by atoms with Crippen LogP contribution in [-0.4, -0.2) is 29.7 Å². The van der Waals surface area contributed by atoms with Gasteiger partial charge >= 0.3 is 0 Å². The van der Waals surface area contributed by atoms with Crippen molar-refractivity contribution in [2.75, 3.05) is 13.1 Å². The molecule has 1 amide bonds. The molecule has 0 N–H and O–H groups in total. The number of benzene rings is 2. The summed E-state index contributed by atoms with van der Waals surface area (Å²) in [5, 5.41) is 0.